The number of halogens is 1. The van der Waals surface area contributed by atoms with E-state index in [4.69, 9.17) is 16.6 Å². The summed E-state index contributed by atoms with van der Waals surface area (Å²) in [5.41, 5.74) is 5.09. The lowest BCUT2D eigenvalue weighted by atomic mass is 10.1. The predicted octanol–water partition coefficient (Wildman–Crippen LogP) is 5.56. The molecule has 35 heavy (non-hydrogen) atoms. The Bertz CT molecular complexity index is 1340. The van der Waals surface area contributed by atoms with Crippen molar-refractivity contribution in [3.63, 3.8) is 0 Å². The number of hydrogen-bond donors (Lipinski definition) is 0. The van der Waals surface area contributed by atoms with Crippen LogP contribution in [0.15, 0.2) is 79.0 Å². The maximum atomic E-state index is 13.4. The zero-order chi connectivity index (χ0) is 23.9. The van der Waals surface area contributed by atoms with Crippen molar-refractivity contribution >= 4 is 29.0 Å². The summed E-state index contributed by atoms with van der Waals surface area (Å²) in [6, 6.07) is 24.5. The van der Waals surface area contributed by atoms with E-state index in [9.17, 15) is 4.79 Å². The molecule has 2 aromatic heterocycles. The van der Waals surface area contributed by atoms with Crippen LogP contribution in [-0.2, 0) is 6.54 Å². The number of fused-ring (bicyclic) bond motifs is 3. The average Bonchev–Trinajstić information content (AvgIpc) is 3.38. The number of carbonyl (C=O) groups is 1. The summed E-state index contributed by atoms with van der Waals surface area (Å²) in [5.74, 6) is 0. The highest BCUT2D eigenvalue weighted by Gasteiger charge is 2.43. The molecule has 0 saturated carbocycles. The Kier molecular flexibility index (Phi) is 5.71. The number of likely N-dealkylation sites (tertiary alicyclic amines) is 1. The molecular weight excluding hydrogens is 458 g/mol. The number of rotatable bonds is 4. The summed E-state index contributed by atoms with van der Waals surface area (Å²) in [5, 5.41) is 0.719. The van der Waals surface area contributed by atoms with E-state index in [2.05, 4.69) is 20.4 Å². The highest BCUT2D eigenvalue weighted by molar-refractivity contribution is 6.30. The summed E-state index contributed by atoms with van der Waals surface area (Å²) in [6.45, 7) is 2.52. The highest BCUT2D eigenvalue weighted by atomic mass is 35.5. The number of aromatic nitrogens is 2. The van der Waals surface area contributed by atoms with Crippen molar-refractivity contribution in [3.8, 4) is 11.3 Å². The summed E-state index contributed by atoms with van der Waals surface area (Å²) < 4.78 is 2.19. The molecular formula is C28H28ClN5O. The van der Waals surface area contributed by atoms with Gasteiger partial charge in [-0.05, 0) is 49.2 Å². The molecule has 2 amide bonds. The molecule has 178 valence electrons. The van der Waals surface area contributed by atoms with Crippen LogP contribution in [0.2, 0.25) is 5.02 Å². The number of carbonyl (C=O) groups excluding carboxylic acids is 1. The number of benzene rings is 2. The van der Waals surface area contributed by atoms with Crippen LogP contribution in [0.1, 0.15) is 18.5 Å². The van der Waals surface area contributed by atoms with Gasteiger partial charge in [0.2, 0.25) is 0 Å². The first-order valence-corrected chi connectivity index (χ1v) is 12.5. The molecule has 2 unspecified atom stereocenters. The average molecular weight is 486 g/mol. The molecule has 0 spiro atoms. The van der Waals surface area contributed by atoms with E-state index >= 15 is 0 Å². The molecule has 4 heterocycles. The fraction of sp³-hybridized carbons (Fsp3) is 0.286. The van der Waals surface area contributed by atoms with Gasteiger partial charge in [0.1, 0.15) is 5.65 Å². The Morgan fingerprint density at radius 2 is 1.66 bits per heavy atom. The lowest BCUT2D eigenvalue weighted by molar-refractivity contribution is 0.0869. The van der Waals surface area contributed by atoms with Crippen molar-refractivity contribution in [2.24, 2.45) is 0 Å². The number of imidazole rings is 1. The van der Waals surface area contributed by atoms with Gasteiger partial charge in [0.15, 0.2) is 0 Å². The molecule has 2 aromatic carbocycles. The summed E-state index contributed by atoms with van der Waals surface area (Å²) in [7, 11) is 1.88. The number of pyridine rings is 1. The smallest absolute Gasteiger partial charge is 0.316 e. The van der Waals surface area contributed by atoms with Crippen LogP contribution in [0.4, 0.5) is 10.5 Å². The quantitative estimate of drug-likeness (QED) is 0.380. The molecule has 0 aliphatic carbocycles. The predicted molar refractivity (Wildman–Crippen MR) is 140 cm³/mol. The van der Waals surface area contributed by atoms with Gasteiger partial charge in [0.05, 0.1) is 11.4 Å². The van der Waals surface area contributed by atoms with E-state index in [0.29, 0.717) is 0 Å². The molecule has 2 aliphatic rings. The molecule has 6 nitrogen and oxygen atoms in total. The van der Waals surface area contributed by atoms with Crippen molar-refractivity contribution in [1.29, 1.82) is 0 Å². The molecule has 2 bridgehead atoms. The third-order valence-corrected chi connectivity index (χ3v) is 7.58. The van der Waals surface area contributed by atoms with Crippen LogP contribution < -0.4 is 4.90 Å². The SMILES string of the molecule is CN(C(=O)N1C2CCC1CN(Cc1c(-c3ccc(Cl)cc3)nc3ccccn13)C2)c1ccccc1. The number of urea groups is 1. The fourth-order valence-corrected chi connectivity index (χ4v) is 5.74. The van der Waals surface area contributed by atoms with Crippen LogP contribution in [0.25, 0.3) is 16.9 Å². The first-order chi connectivity index (χ1) is 17.1. The van der Waals surface area contributed by atoms with Gasteiger partial charge in [-0.25, -0.2) is 9.78 Å². The molecule has 6 rings (SSSR count). The van der Waals surface area contributed by atoms with E-state index in [-0.39, 0.29) is 18.1 Å². The third kappa shape index (κ3) is 4.07. The van der Waals surface area contributed by atoms with Crippen molar-refractivity contribution in [3.05, 3.63) is 89.7 Å². The topological polar surface area (TPSA) is 44.1 Å². The monoisotopic (exact) mass is 485 g/mol. The van der Waals surface area contributed by atoms with Gasteiger partial charge in [0, 0.05) is 61.2 Å². The van der Waals surface area contributed by atoms with Crippen LogP contribution in [0.3, 0.4) is 0 Å². The van der Waals surface area contributed by atoms with E-state index in [1.54, 1.807) is 4.90 Å². The second-order valence-electron chi connectivity index (χ2n) is 9.51. The standard InChI is InChI=1S/C28H28ClN5O/c1-31(22-7-3-2-4-8-22)28(35)34-23-14-15-24(34)18-32(17-23)19-25-27(20-10-12-21(29)13-11-20)30-26-9-5-6-16-33(25)26/h2-13,16,23-24H,14-15,17-19H2,1H3. The van der Waals surface area contributed by atoms with E-state index in [0.717, 1.165) is 60.1 Å². The maximum Gasteiger partial charge on any atom is 0.324 e. The molecule has 0 N–H and O–H groups in total. The number of para-hydroxylation sites is 1. The Hall–Kier alpha value is -3.35. The van der Waals surface area contributed by atoms with Crippen molar-refractivity contribution in [1.82, 2.24) is 19.2 Å². The number of anilines is 1. The Morgan fingerprint density at radius 3 is 2.37 bits per heavy atom. The number of hydrogen-bond acceptors (Lipinski definition) is 3. The van der Waals surface area contributed by atoms with Crippen LogP contribution >= 0.6 is 11.6 Å². The van der Waals surface area contributed by atoms with Gasteiger partial charge in [-0.1, -0.05) is 48.0 Å². The number of nitrogens with zero attached hydrogens (tertiary/aromatic N) is 5. The lowest BCUT2D eigenvalue weighted by Crippen LogP contribution is -2.58. The molecule has 2 atom stereocenters. The van der Waals surface area contributed by atoms with Crippen LogP contribution in [-0.4, -0.2) is 57.4 Å². The second kappa shape index (κ2) is 9.02. The molecule has 2 aliphatic heterocycles. The normalized spacial score (nSPS) is 19.9. The molecule has 2 fully saturated rings. The lowest BCUT2D eigenvalue weighted by Gasteiger charge is -2.42. The molecule has 2 saturated heterocycles. The van der Waals surface area contributed by atoms with Gasteiger partial charge in [0.25, 0.3) is 0 Å². The van der Waals surface area contributed by atoms with Crippen molar-refractivity contribution in [2.75, 3.05) is 25.0 Å². The van der Waals surface area contributed by atoms with Gasteiger partial charge in [-0.3, -0.25) is 9.80 Å². The van der Waals surface area contributed by atoms with Gasteiger partial charge in [-0.2, -0.15) is 0 Å². The molecule has 7 heteroatoms. The Morgan fingerprint density at radius 1 is 0.971 bits per heavy atom. The number of amides is 2. The maximum absolute atomic E-state index is 13.4. The second-order valence-corrected chi connectivity index (χ2v) is 9.94. The van der Waals surface area contributed by atoms with E-state index in [1.807, 2.05) is 79.8 Å². The fourth-order valence-electron chi connectivity index (χ4n) is 5.62. The first-order valence-electron chi connectivity index (χ1n) is 12.1. The van der Waals surface area contributed by atoms with Crippen molar-refractivity contribution in [2.45, 2.75) is 31.5 Å². The summed E-state index contributed by atoms with van der Waals surface area (Å²) in [4.78, 5) is 24.8. The number of piperazine rings is 1. The molecule has 0 radical (unpaired) electrons. The zero-order valence-electron chi connectivity index (χ0n) is 19.7. The van der Waals surface area contributed by atoms with E-state index < -0.39 is 0 Å². The highest BCUT2D eigenvalue weighted by Crippen LogP contribution is 2.34. The largest absolute Gasteiger partial charge is 0.324 e. The minimum absolute atomic E-state index is 0.0972. The summed E-state index contributed by atoms with van der Waals surface area (Å²) >= 11 is 6.14. The Balaban J connectivity index is 1.25. The molecule has 4 aromatic rings. The van der Waals surface area contributed by atoms with Crippen LogP contribution in [0, 0.1) is 0 Å². The summed E-state index contributed by atoms with van der Waals surface area (Å²) in [6.07, 6.45) is 4.18. The van der Waals surface area contributed by atoms with E-state index in [1.165, 1.54) is 5.69 Å². The third-order valence-electron chi connectivity index (χ3n) is 7.33. The van der Waals surface area contributed by atoms with Crippen molar-refractivity contribution < 1.29 is 4.79 Å². The van der Waals surface area contributed by atoms with Gasteiger partial charge >= 0.3 is 6.03 Å². The first kappa shape index (κ1) is 22.1. The Labute approximate surface area is 210 Å². The zero-order valence-corrected chi connectivity index (χ0v) is 20.5. The minimum atomic E-state index is 0.0972. The van der Waals surface area contributed by atoms with Gasteiger partial charge in [-0.15, -0.1) is 0 Å². The van der Waals surface area contributed by atoms with Crippen LogP contribution in [0.5, 0.6) is 0 Å². The minimum Gasteiger partial charge on any atom is -0.316 e. The van der Waals surface area contributed by atoms with Gasteiger partial charge < -0.3 is 9.30 Å².